The van der Waals surface area contributed by atoms with Crippen LogP contribution in [0.5, 0.6) is 0 Å². The molecule has 0 bridgehead atoms. The SMILES string of the molecule is CC1(C2CC2)NC(=O)C(C)(C)N(CCCC(F)(F)F)C1=O. The summed E-state index contributed by atoms with van der Waals surface area (Å²) in [7, 11) is 0. The van der Waals surface area contributed by atoms with Crippen LogP contribution in [0, 0.1) is 5.92 Å². The van der Waals surface area contributed by atoms with Crippen LogP contribution in [0.2, 0.25) is 0 Å². The van der Waals surface area contributed by atoms with E-state index in [0.717, 1.165) is 12.8 Å². The molecule has 1 saturated heterocycles. The van der Waals surface area contributed by atoms with Gasteiger partial charge in [-0.2, -0.15) is 13.2 Å². The minimum Gasteiger partial charge on any atom is -0.340 e. The van der Waals surface area contributed by atoms with Crippen LogP contribution in [0.1, 0.15) is 46.5 Å². The average molecular weight is 306 g/mol. The molecule has 1 heterocycles. The molecule has 2 fully saturated rings. The summed E-state index contributed by atoms with van der Waals surface area (Å²) >= 11 is 0. The fraction of sp³-hybridized carbons (Fsp3) is 0.857. The molecule has 0 radical (unpaired) electrons. The third kappa shape index (κ3) is 3.01. The normalized spacial score (nSPS) is 29.5. The van der Waals surface area contributed by atoms with Crippen molar-refractivity contribution >= 4 is 11.8 Å². The van der Waals surface area contributed by atoms with Crippen LogP contribution in [0.15, 0.2) is 0 Å². The van der Waals surface area contributed by atoms with Crippen LogP contribution in [0.3, 0.4) is 0 Å². The van der Waals surface area contributed by atoms with Crippen molar-refractivity contribution in [2.75, 3.05) is 6.54 Å². The predicted octanol–water partition coefficient (Wildman–Crippen LogP) is 2.23. The minimum atomic E-state index is -4.25. The minimum absolute atomic E-state index is 0.0545. The van der Waals surface area contributed by atoms with E-state index in [0.29, 0.717) is 0 Å². The molecule has 1 N–H and O–H groups in total. The Morgan fingerprint density at radius 2 is 1.81 bits per heavy atom. The topological polar surface area (TPSA) is 49.4 Å². The average Bonchev–Trinajstić information content (AvgIpc) is 3.14. The first-order valence-corrected chi connectivity index (χ1v) is 7.20. The molecule has 0 aromatic carbocycles. The van der Waals surface area contributed by atoms with Gasteiger partial charge < -0.3 is 10.2 Å². The summed E-state index contributed by atoms with van der Waals surface area (Å²) in [5.74, 6) is -0.476. The maximum atomic E-state index is 12.7. The van der Waals surface area contributed by atoms with Crippen molar-refractivity contribution in [2.45, 2.75) is 63.7 Å². The number of nitrogens with one attached hydrogen (secondary N) is 1. The van der Waals surface area contributed by atoms with E-state index in [4.69, 9.17) is 0 Å². The second-order valence-electron chi connectivity index (χ2n) is 6.67. The number of carbonyl (C=O) groups is 2. The molecule has 0 aromatic rings. The van der Waals surface area contributed by atoms with E-state index in [-0.39, 0.29) is 30.7 Å². The van der Waals surface area contributed by atoms with Crippen LogP contribution < -0.4 is 5.32 Å². The van der Waals surface area contributed by atoms with Crippen LogP contribution in [-0.2, 0) is 9.59 Å². The molecular weight excluding hydrogens is 285 g/mol. The van der Waals surface area contributed by atoms with Gasteiger partial charge in [0.2, 0.25) is 11.8 Å². The van der Waals surface area contributed by atoms with E-state index < -0.39 is 23.7 Å². The maximum absolute atomic E-state index is 12.7. The highest BCUT2D eigenvalue weighted by Crippen LogP contribution is 2.43. The van der Waals surface area contributed by atoms with Crippen LogP contribution in [-0.4, -0.2) is 40.5 Å². The standard InChI is InChI=1S/C14H21F3N2O2/c1-12(2)10(20)18-13(3,9-5-6-9)11(21)19(12)8-4-7-14(15,16)17/h9H,4-8H2,1-3H3,(H,18,20). The second kappa shape index (κ2) is 4.88. The van der Waals surface area contributed by atoms with E-state index in [9.17, 15) is 22.8 Å². The number of hydrogen-bond donors (Lipinski definition) is 1. The number of halogens is 3. The van der Waals surface area contributed by atoms with Gasteiger partial charge in [-0.05, 0) is 46.0 Å². The van der Waals surface area contributed by atoms with Gasteiger partial charge in [-0.3, -0.25) is 9.59 Å². The summed E-state index contributed by atoms with van der Waals surface area (Å²) in [6, 6.07) is 0. The Bertz CT molecular complexity index is 458. The molecule has 2 rings (SSSR count). The number of rotatable bonds is 4. The number of hydrogen-bond acceptors (Lipinski definition) is 2. The molecule has 0 spiro atoms. The quantitative estimate of drug-likeness (QED) is 0.866. The van der Waals surface area contributed by atoms with Gasteiger partial charge in [0.1, 0.15) is 11.1 Å². The first-order chi connectivity index (χ1) is 9.48. The summed E-state index contributed by atoms with van der Waals surface area (Å²) < 4.78 is 36.9. The Morgan fingerprint density at radius 1 is 1.24 bits per heavy atom. The highest BCUT2D eigenvalue weighted by Gasteiger charge is 2.57. The van der Waals surface area contributed by atoms with E-state index in [1.807, 2.05) is 0 Å². The van der Waals surface area contributed by atoms with Gasteiger partial charge in [0.05, 0.1) is 0 Å². The van der Waals surface area contributed by atoms with Crippen molar-refractivity contribution in [2.24, 2.45) is 5.92 Å². The summed E-state index contributed by atoms with van der Waals surface area (Å²) in [5, 5.41) is 2.78. The second-order valence-corrected chi connectivity index (χ2v) is 6.67. The Morgan fingerprint density at radius 3 is 2.29 bits per heavy atom. The van der Waals surface area contributed by atoms with E-state index in [1.54, 1.807) is 20.8 Å². The lowest BCUT2D eigenvalue weighted by molar-refractivity contribution is -0.163. The van der Waals surface area contributed by atoms with E-state index >= 15 is 0 Å². The van der Waals surface area contributed by atoms with Gasteiger partial charge in [-0.25, -0.2) is 0 Å². The molecule has 7 heteroatoms. The molecule has 0 aromatic heterocycles. The van der Waals surface area contributed by atoms with E-state index in [2.05, 4.69) is 5.32 Å². The van der Waals surface area contributed by atoms with Gasteiger partial charge in [-0.15, -0.1) is 0 Å². The highest BCUT2D eigenvalue weighted by molar-refractivity contribution is 6.02. The zero-order chi connectivity index (χ0) is 16.1. The van der Waals surface area contributed by atoms with E-state index in [1.165, 1.54) is 4.90 Å². The lowest BCUT2D eigenvalue weighted by Crippen LogP contribution is -2.74. The molecule has 120 valence electrons. The fourth-order valence-electron chi connectivity index (χ4n) is 2.86. The van der Waals surface area contributed by atoms with Crippen LogP contribution >= 0.6 is 0 Å². The third-order valence-electron chi connectivity index (χ3n) is 4.53. The van der Waals surface area contributed by atoms with Crippen molar-refractivity contribution in [3.63, 3.8) is 0 Å². The third-order valence-corrected chi connectivity index (χ3v) is 4.53. The Balaban J connectivity index is 2.14. The molecule has 1 aliphatic heterocycles. The molecule has 4 nitrogen and oxygen atoms in total. The molecule has 2 amide bonds. The lowest BCUT2D eigenvalue weighted by atomic mass is 9.85. The number of alkyl halides is 3. The van der Waals surface area contributed by atoms with Crippen molar-refractivity contribution in [3.05, 3.63) is 0 Å². The Labute approximate surface area is 122 Å². The monoisotopic (exact) mass is 306 g/mol. The number of carbonyl (C=O) groups excluding carboxylic acids is 2. The first-order valence-electron chi connectivity index (χ1n) is 7.20. The molecule has 21 heavy (non-hydrogen) atoms. The fourth-order valence-corrected chi connectivity index (χ4v) is 2.86. The number of piperazine rings is 1. The van der Waals surface area contributed by atoms with Crippen LogP contribution in [0.25, 0.3) is 0 Å². The molecule has 1 unspecified atom stereocenters. The molecule has 2 aliphatic rings. The summed E-state index contributed by atoms with van der Waals surface area (Å²) in [6.07, 6.45) is -3.66. The Hall–Kier alpha value is -1.27. The lowest BCUT2D eigenvalue weighted by Gasteiger charge is -2.49. The predicted molar refractivity (Wildman–Crippen MR) is 70.4 cm³/mol. The van der Waals surface area contributed by atoms with Crippen molar-refractivity contribution < 1.29 is 22.8 Å². The number of amides is 2. The van der Waals surface area contributed by atoms with Crippen molar-refractivity contribution in [1.29, 1.82) is 0 Å². The van der Waals surface area contributed by atoms with Crippen molar-refractivity contribution in [1.82, 2.24) is 10.2 Å². The first kappa shape index (κ1) is 16.1. The maximum Gasteiger partial charge on any atom is 0.389 e. The highest BCUT2D eigenvalue weighted by atomic mass is 19.4. The smallest absolute Gasteiger partial charge is 0.340 e. The van der Waals surface area contributed by atoms with Gasteiger partial charge in [0.15, 0.2) is 0 Å². The zero-order valence-electron chi connectivity index (χ0n) is 12.5. The van der Waals surface area contributed by atoms with Gasteiger partial charge in [0, 0.05) is 13.0 Å². The molecule has 1 atom stereocenters. The summed E-state index contributed by atoms with van der Waals surface area (Å²) in [5.41, 5.74) is -2.08. The van der Waals surface area contributed by atoms with Crippen LogP contribution in [0.4, 0.5) is 13.2 Å². The Kier molecular flexibility index (Phi) is 3.74. The zero-order valence-corrected chi connectivity index (χ0v) is 12.5. The summed E-state index contributed by atoms with van der Waals surface area (Å²) in [6.45, 7) is 4.76. The molecule has 1 aliphatic carbocycles. The van der Waals surface area contributed by atoms with Crippen molar-refractivity contribution in [3.8, 4) is 0 Å². The van der Waals surface area contributed by atoms with Gasteiger partial charge in [-0.1, -0.05) is 0 Å². The van der Waals surface area contributed by atoms with Gasteiger partial charge >= 0.3 is 6.18 Å². The number of nitrogens with zero attached hydrogens (tertiary/aromatic N) is 1. The molecule has 1 saturated carbocycles. The summed E-state index contributed by atoms with van der Waals surface area (Å²) in [4.78, 5) is 26.2. The molecular formula is C14H21F3N2O2. The van der Waals surface area contributed by atoms with Gasteiger partial charge in [0.25, 0.3) is 0 Å². The largest absolute Gasteiger partial charge is 0.389 e.